The molecule has 1 saturated carbocycles. The van der Waals surface area contributed by atoms with E-state index in [9.17, 15) is 14.3 Å². The highest BCUT2D eigenvalue weighted by Gasteiger charge is 2.53. The van der Waals surface area contributed by atoms with E-state index in [1.807, 2.05) is 0 Å². The van der Waals surface area contributed by atoms with Gasteiger partial charge in [-0.15, -0.1) is 0 Å². The first-order valence-electron chi connectivity index (χ1n) is 6.85. The molecule has 1 N–H and O–H groups in total. The summed E-state index contributed by atoms with van der Waals surface area (Å²) in [5, 5.41) is 9.68. The van der Waals surface area contributed by atoms with Crippen molar-refractivity contribution in [3.8, 4) is 0 Å². The predicted octanol–water partition coefficient (Wildman–Crippen LogP) is 1.84. The van der Waals surface area contributed by atoms with Gasteiger partial charge in [0.25, 0.3) is 0 Å². The first-order chi connectivity index (χ1) is 9.12. The van der Waals surface area contributed by atoms with E-state index >= 15 is 0 Å². The molecule has 0 aromatic heterocycles. The third-order valence-corrected chi connectivity index (χ3v) is 4.24. The van der Waals surface area contributed by atoms with Crippen molar-refractivity contribution >= 4 is 5.91 Å². The minimum absolute atomic E-state index is 0.0952. The molecule has 1 saturated heterocycles. The Hall–Kier alpha value is -1.42. The molecule has 1 aromatic carbocycles. The highest BCUT2D eigenvalue weighted by atomic mass is 19.1. The van der Waals surface area contributed by atoms with Crippen molar-refractivity contribution in [3.63, 3.8) is 0 Å². The van der Waals surface area contributed by atoms with Crippen LogP contribution in [-0.2, 0) is 10.2 Å². The van der Waals surface area contributed by atoms with E-state index in [4.69, 9.17) is 0 Å². The number of benzene rings is 1. The van der Waals surface area contributed by atoms with Crippen LogP contribution in [0.25, 0.3) is 0 Å². The average Bonchev–Trinajstić information content (AvgIpc) is 3.20. The average molecular weight is 263 g/mol. The van der Waals surface area contributed by atoms with E-state index in [0.29, 0.717) is 6.54 Å². The largest absolute Gasteiger partial charge is 0.391 e. The zero-order chi connectivity index (χ0) is 13.5. The van der Waals surface area contributed by atoms with Gasteiger partial charge in [-0.3, -0.25) is 4.79 Å². The highest BCUT2D eigenvalue weighted by Crippen LogP contribution is 2.49. The van der Waals surface area contributed by atoms with Crippen LogP contribution in [0.5, 0.6) is 0 Å². The van der Waals surface area contributed by atoms with Gasteiger partial charge in [0.15, 0.2) is 0 Å². The third-order valence-electron chi connectivity index (χ3n) is 4.24. The second-order valence-electron chi connectivity index (χ2n) is 5.64. The van der Waals surface area contributed by atoms with Crippen LogP contribution < -0.4 is 0 Å². The van der Waals surface area contributed by atoms with Gasteiger partial charge in [-0.2, -0.15) is 0 Å². The van der Waals surface area contributed by atoms with Crippen molar-refractivity contribution < 1.29 is 14.3 Å². The summed E-state index contributed by atoms with van der Waals surface area (Å²) in [6.45, 7) is 1.15. The molecule has 2 aliphatic rings. The molecule has 1 amide bonds. The molecule has 19 heavy (non-hydrogen) atoms. The summed E-state index contributed by atoms with van der Waals surface area (Å²) >= 11 is 0. The number of carbonyl (C=O) groups is 1. The summed E-state index contributed by atoms with van der Waals surface area (Å²) in [6.07, 6.45) is 2.87. The minimum atomic E-state index is -0.454. The molecule has 0 radical (unpaired) electrons. The summed E-state index contributed by atoms with van der Waals surface area (Å²) in [5.41, 5.74) is 0.448. The number of rotatable bonds is 2. The quantitative estimate of drug-likeness (QED) is 0.884. The summed E-state index contributed by atoms with van der Waals surface area (Å²) in [7, 11) is 0. The first-order valence-corrected chi connectivity index (χ1v) is 6.85. The van der Waals surface area contributed by atoms with Crippen molar-refractivity contribution in [1.29, 1.82) is 0 Å². The molecule has 3 nitrogen and oxygen atoms in total. The van der Waals surface area contributed by atoms with Crippen LogP contribution in [-0.4, -0.2) is 35.1 Å². The fraction of sp³-hybridized carbons (Fsp3) is 0.533. The van der Waals surface area contributed by atoms with Gasteiger partial charge in [-0.05, 0) is 43.4 Å². The minimum Gasteiger partial charge on any atom is -0.391 e. The molecule has 102 valence electrons. The van der Waals surface area contributed by atoms with Crippen LogP contribution in [0.15, 0.2) is 24.3 Å². The normalized spacial score (nSPS) is 25.2. The Labute approximate surface area is 112 Å². The summed E-state index contributed by atoms with van der Waals surface area (Å²) in [5.74, 6) is -0.182. The van der Waals surface area contributed by atoms with Crippen LogP contribution in [0.1, 0.15) is 31.2 Å². The molecule has 2 fully saturated rings. The molecule has 0 spiro atoms. The molecule has 1 heterocycles. The number of amides is 1. The van der Waals surface area contributed by atoms with Gasteiger partial charge >= 0.3 is 0 Å². The molecule has 3 rings (SSSR count). The Morgan fingerprint density at radius 2 is 2.00 bits per heavy atom. The number of halogens is 1. The lowest BCUT2D eigenvalue weighted by molar-refractivity contribution is -0.137. The number of β-amino-alcohol motifs (C(OH)–C–C–N with tert-alkyl or cyclic N) is 1. The van der Waals surface area contributed by atoms with Gasteiger partial charge in [0.1, 0.15) is 5.82 Å². The maximum absolute atomic E-state index is 13.0. The molecule has 0 bridgehead atoms. The number of hydrogen-bond acceptors (Lipinski definition) is 2. The van der Waals surface area contributed by atoms with Crippen molar-refractivity contribution in [3.05, 3.63) is 35.6 Å². The van der Waals surface area contributed by atoms with Crippen LogP contribution in [0, 0.1) is 5.82 Å². The third kappa shape index (κ3) is 2.25. The molecule has 1 aromatic rings. The fourth-order valence-electron chi connectivity index (χ4n) is 2.96. The van der Waals surface area contributed by atoms with Crippen LogP contribution in [0.2, 0.25) is 0 Å². The fourth-order valence-corrected chi connectivity index (χ4v) is 2.96. The number of nitrogens with zero attached hydrogens (tertiary/aromatic N) is 1. The number of aliphatic hydroxyl groups excluding tert-OH is 1. The second kappa shape index (κ2) is 4.60. The molecular weight excluding hydrogens is 245 g/mol. The van der Waals surface area contributed by atoms with Crippen LogP contribution >= 0.6 is 0 Å². The van der Waals surface area contributed by atoms with Crippen molar-refractivity contribution in [2.45, 2.75) is 37.2 Å². The SMILES string of the molecule is O=C(N1CCC[C@H](O)C1)C1(c2ccc(F)cc2)CC1. The monoisotopic (exact) mass is 263 g/mol. The molecule has 1 atom stereocenters. The topological polar surface area (TPSA) is 40.5 Å². The van der Waals surface area contributed by atoms with Crippen LogP contribution in [0.4, 0.5) is 4.39 Å². The van der Waals surface area contributed by atoms with E-state index in [1.165, 1.54) is 12.1 Å². The second-order valence-corrected chi connectivity index (χ2v) is 5.64. The van der Waals surface area contributed by atoms with E-state index in [0.717, 1.165) is 37.8 Å². The van der Waals surface area contributed by atoms with Gasteiger partial charge in [0.05, 0.1) is 11.5 Å². The van der Waals surface area contributed by atoms with Crippen molar-refractivity contribution in [1.82, 2.24) is 4.90 Å². The van der Waals surface area contributed by atoms with Gasteiger partial charge in [-0.1, -0.05) is 12.1 Å². The van der Waals surface area contributed by atoms with Gasteiger partial charge in [-0.25, -0.2) is 4.39 Å². The van der Waals surface area contributed by atoms with E-state index in [-0.39, 0.29) is 11.7 Å². The van der Waals surface area contributed by atoms with E-state index in [1.54, 1.807) is 17.0 Å². The smallest absolute Gasteiger partial charge is 0.233 e. The summed E-state index contributed by atoms with van der Waals surface area (Å²) < 4.78 is 13.0. The van der Waals surface area contributed by atoms with Gasteiger partial charge in [0.2, 0.25) is 5.91 Å². The Morgan fingerprint density at radius 3 is 2.58 bits per heavy atom. The van der Waals surface area contributed by atoms with Crippen LogP contribution in [0.3, 0.4) is 0 Å². The number of hydrogen-bond donors (Lipinski definition) is 1. The lowest BCUT2D eigenvalue weighted by Crippen LogP contribution is -2.46. The maximum atomic E-state index is 13.0. The Bertz CT molecular complexity index is 481. The number of likely N-dealkylation sites (tertiary alicyclic amines) is 1. The van der Waals surface area contributed by atoms with Crippen molar-refractivity contribution in [2.75, 3.05) is 13.1 Å². The molecule has 4 heteroatoms. The Morgan fingerprint density at radius 1 is 1.32 bits per heavy atom. The summed E-state index contributed by atoms with van der Waals surface area (Å²) in [4.78, 5) is 14.4. The first kappa shape index (κ1) is 12.6. The van der Waals surface area contributed by atoms with Gasteiger partial charge < -0.3 is 10.0 Å². The number of aliphatic hydroxyl groups is 1. The maximum Gasteiger partial charge on any atom is 0.233 e. The molecular formula is C15H18FNO2. The zero-order valence-electron chi connectivity index (χ0n) is 10.8. The molecule has 0 unspecified atom stereocenters. The lowest BCUT2D eigenvalue weighted by Gasteiger charge is -2.33. The molecule has 1 aliphatic carbocycles. The standard InChI is InChI=1S/C15H18FNO2/c16-12-5-3-11(4-6-12)15(7-8-15)14(19)17-9-1-2-13(18)10-17/h3-6,13,18H,1-2,7-10H2/t13-/m0/s1. The van der Waals surface area contributed by atoms with Gasteiger partial charge in [0, 0.05) is 13.1 Å². The lowest BCUT2D eigenvalue weighted by atomic mass is 9.93. The zero-order valence-corrected chi connectivity index (χ0v) is 10.8. The van der Waals surface area contributed by atoms with E-state index in [2.05, 4.69) is 0 Å². The Balaban J connectivity index is 1.80. The number of carbonyl (C=O) groups excluding carboxylic acids is 1. The highest BCUT2D eigenvalue weighted by molar-refractivity contribution is 5.91. The molecule has 1 aliphatic heterocycles. The Kier molecular flexibility index (Phi) is 3.05. The van der Waals surface area contributed by atoms with Crippen molar-refractivity contribution in [2.24, 2.45) is 0 Å². The predicted molar refractivity (Wildman–Crippen MR) is 69.1 cm³/mol. The number of piperidine rings is 1. The summed E-state index contributed by atoms with van der Waals surface area (Å²) in [6, 6.07) is 6.24. The van der Waals surface area contributed by atoms with E-state index < -0.39 is 11.5 Å².